The third-order valence-electron chi connectivity index (χ3n) is 5.80. The van der Waals surface area contributed by atoms with Crippen LogP contribution in [0.1, 0.15) is 42.5 Å². The molecule has 0 spiro atoms. The Labute approximate surface area is 183 Å². The van der Waals surface area contributed by atoms with Crippen molar-refractivity contribution in [2.75, 3.05) is 39.3 Å². The Kier molecular flexibility index (Phi) is 8.42. The number of ether oxygens (including phenoxy) is 1. The molecule has 0 saturated carbocycles. The summed E-state index contributed by atoms with van der Waals surface area (Å²) < 4.78 is 32.8. The van der Waals surface area contributed by atoms with Crippen LogP contribution >= 0.6 is 0 Å². The maximum Gasteiger partial charge on any atom is 0.251 e. The third-order valence-corrected chi connectivity index (χ3v) is 7.24. The van der Waals surface area contributed by atoms with E-state index < -0.39 is 10.0 Å². The van der Waals surface area contributed by atoms with E-state index in [1.165, 1.54) is 24.3 Å². The number of likely N-dealkylation sites (tertiary alicyclic amines) is 1. The fourth-order valence-electron chi connectivity index (χ4n) is 3.97. The molecule has 0 radical (unpaired) electrons. The predicted molar refractivity (Wildman–Crippen MR) is 116 cm³/mol. The van der Waals surface area contributed by atoms with Gasteiger partial charge in [0.2, 0.25) is 15.9 Å². The zero-order valence-corrected chi connectivity index (χ0v) is 18.5. The fraction of sp³-hybridized carbons (Fsp3) is 0.619. The molecule has 2 fully saturated rings. The summed E-state index contributed by atoms with van der Waals surface area (Å²) in [5.41, 5.74) is 5.81. The standard InChI is InChI=1S/C21H32N4O5S/c22-20(26)17-4-1-11-25(15-17)12-3-10-23-21(27)16-6-8-19(9-7-16)31(28,29)24-14-18-5-2-13-30-18/h6-9,17-18,24H,1-5,10-15H2,(H2,22,26)(H,23,27). The number of piperidine rings is 1. The Morgan fingerprint density at radius 3 is 2.61 bits per heavy atom. The molecule has 2 amide bonds. The van der Waals surface area contributed by atoms with Gasteiger partial charge in [-0.1, -0.05) is 0 Å². The molecule has 0 bridgehead atoms. The molecule has 10 heteroatoms. The molecule has 2 aliphatic rings. The molecular weight excluding hydrogens is 420 g/mol. The minimum Gasteiger partial charge on any atom is -0.377 e. The summed E-state index contributed by atoms with van der Waals surface area (Å²) in [5.74, 6) is -0.575. The molecule has 4 N–H and O–H groups in total. The lowest BCUT2D eigenvalue weighted by molar-refractivity contribution is -0.123. The van der Waals surface area contributed by atoms with E-state index in [2.05, 4.69) is 14.9 Å². The highest BCUT2D eigenvalue weighted by molar-refractivity contribution is 7.89. The molecule has 172 valence electrons. The van der Waals surface area contributed by atoms with E-state index in [4.69, 9.17) is 10.5 Å². The number of hydrogen-bond acceptors (Lipinski definition) is 6. The normalized spacial score (nSPS) is 22.3. The van der Waals surface area contributed by atoms with Crippen LogP contribution in [0.5, 0.6) is 0 Å². The monoisotopic (exact) mass is 452 g/mol. The van der Waals surface area contributed by atoms with Gasteiger partial charge in [0, 0.05) is 31.8 Å². The van der Waals surface area contributed by atoms with E-state index >= 15 is 0 Å². The first-order valence-corrected chi connectivity index (χ1v) is 12.3. The summed E-state index contributed by atoms with van der Waals surface area (Å²) >= 11 is 0. The van der Waals surface area contributed by atoms with Crippen molar-refractivity contribution in [1.82, 2.24) is 14.9 Å². The molecule has 3 rings (SSSR count). The van der Waals surface area contributed by atoms with Crippen LogP contribution in [0.15, 0.2) is 29.2 Å². The largest absolute Gasteiger partial charge is 0.377 e. The van der Waals surface area contributed by atoms with E-state index in [1.807, 2.05) is 0 Å². The molecule has 1 aromatic carbocycles. The van der Waals surface area contributed by atoms with E-state index in [-0.39, 0.29) is 35.3 Å². The number of hydrogen-bond donors (Lipinski definition) is 3. The van der Waals surface area contributed by atoms with Gasteiger partial charge in [-0.05, 0) is 69.5 Å². The van der Waals surface area contributed by atoms with Crippen LogP contribution in [-0.4, -0.2) is 70.6 Å². The molecule has 0 aromatic heterocycles. The molecule has 2 heterocycles. The van der Waals surface area contributed by atoms with Gasteiger partial charge in [0.25, 0.3) is 5.91 Å². The van der Waals surface area contributed by atoms with Gasteiger partial charge in [-0.3, -0.25) is 9.59 Å². The number of benzene rings is 1. The predicted octanol–water partition coefficient (Wildman–Crippen LogP) is 0.461. The number of amides is 2. The van der Waals surface area contributed by atoms with Gasteiger partial charge >= 0.3 is 0 Å². The molecule has 2 saturated heterocycles. The van der Waals surface area contributed by atoms with E-state index in [0.29, 0.717) is 25.3 Å². The summed E-state index contributed by atoms with van der Waals surface area (Å²) in [4.78, 5) is 26.0. The lowest BCUT2D eigenvalue weighted by atomic mass is 9.97. The van der Waals surface area contributed by atoms with Gasteiger partial charge in [0.1, 0.15) is 0 Å². The number of rotatable bonds is 10. The van der Waals surface area contributed by atoms with Crippen molar-refractivity contribution in [2.24, 2.45) is 11.7 Å². The molecule has 2 unspecified atom stereocenters. The Morgan fingerprint density at radius 2 is 1.94 bits per heavy atom. The molecule has 1 aromatic rings. The van der Waals surface area contributed by atoms with Crippen molar-refractivity contribution >= 4 is 21.8 Å². The second-order valence-electron chi connectivity index (χ2n) is 8.16. The van der Waals surface area contributed by atoms with Crippen molar-refractivity contribution in [2.45, 2.75) is 43.1 Å². The Hall–Kier alpha value is -2.01. The molecule has 2 aliphatic heterocycles. The molecule has 9 nitrogen and oxygen atoms in total. The minimum absolute atomic E-state index is 0.0774. The Balaban J connectivity index is 1.41. The maximum atomic E-state index is 12.4. The molecule has 0 aliphatic carbocycles. The van der Waals surface area contributed by atoms with Crippen molar-refractivity contribution in [1.29, 1.82) is 0 Å². The Bertz CT molecular complexity index is 853. The van der Waals surface area contributed by atoms with Crippen LogP contribution in [0.3, 0.4) is 0 Å². The first-order chi connectivity index (χ1) is 14.8. The average molecular weight is 453 g/mol. The lowest BCUT2D eigenvalue weighted by Crippen LogP contribution is -2.42. The first-order valence-electron chi connectivity index (χ1n) is 10.9. The highest BCUT2D eigenvalue weighted by atomic mass is 32.2. The van der Waals surface area contributed by atoms with Crippen LogP contribution in [-0.2, 0) is 19.6 Å². The van der Waals surface area contributed by atoms with Crippen molar-refractivity contribution in [3.05, 3.63) is 29.8 Å². The second-order valence-corrected chi connectivity index (χ2v) is 9.93. The van der Waals surface area contributed by atoms with E-state index in [1.54, 1.807) is 0 Å². The number of nitrogens with two attached hydrogens (primary N) is 1. The zero-order chi connectivity index (χ0) is 22.3. The zero-order valence-electron chi connectivity index (χ0n) is 17.7. The number of carbonyl (C=O) groups is 2. The molecule has 2 atom stereocenters. The highest BCUT2D eigenvalue weighted by Gasteiger charge is 2.23. The summed E-state index contributed by atoms with van der Waals surface area (Å²) in [6.45, 7) is 3.83. The van der Waals surface area contributed by atoms with Crippen molar-refractivity contribution in [3.63, 3.8) is 0 Å². The van der Waals surface area contributed by atoms with E-state index in [0.717, 1.165) is 45.2 Å². The average Bonchev–Trinajstić information content (AvgIpc) is 3.29. The number of nitrogens with zero attached hydrogens (tertiary/aromatic N) is 1. The van der Waals surface area contributed by atoms with Crippen LogP contribution in [0.4, 0.5) is 0 Å². The topological polar surface area (TPSA) is 131 Å². The Morgan fingerprint density at radius 1 is 1.16 bits per heavy atom. The number of nitrogens with one attached hydrogen (secondary N) is 2. The van der Waals surface area contributed by atoms with Crippen molar-refractivity contribution < 1.29 is 22.7 Å². The van der Waals surface area contributed by atoms with Gasteiger partial charge in [0.05, 0.1) is 16.9 Å². The summed E-state index contributed by atoms with van der Waals surface area (Å²) in [6.07, 6.45) is 4.28. The lowest BCUT2D eigenvalue weighted by Gasteiger charge is -2.31. The smallest absolute Gasteiger partial charge is 0.251 e. The van der Waals surface area contributed by atoms with Gasteiger partial charge in [0.15, 0.2) is 0 Å². The highest BCUT2D eigenvalue weighted by Crippen LogP contribution is 2.16. The maximum absolute atomic E-state index is 12.4. The number of primary amides is 1. The summed E-state index contributed by atoms with van der Waals surface area (Å²) in [6, 6.07) is 5.89. The summed E-state index contributed by atoms with van der Waals surface area (Å²) in [5, 5.41) is 2.85. The van der Waals surface area contributed by atoms with Crippen LogP contribution in [0.2, 0.25) is 0 Å². The minimum atomic E-state index is -3.63. The van der Waals surface area contributed by atoms with Crippen LogP contribution < -0.4 is 15.8 Å². The first kappa shape index (κ1) is 23.6. The van der Waals surface area contributed by atoms with Crippen molar-refractivity contribution in [3.8, 4) is 0 Å². The van der Waals surface area contributed by atoms with Gasteiger partial charge in [-0.15, -0.1) is 0 Å². The van der Waals surface area contributed by atoms with E-state index in [9.17, 15) is 18.0 Å². The number of sulfonamides is 1. The molecule has 31 heavy (non-hydrogen) atoms. The fourth-order valence-corrected chi connectivity index (χ4v) is 5.04. The SMILES string of the molecule is NC(=O)C1CCCN(CCCNC(=O)c2ccc(S(=O)(=O)NCC3CCCO3)cc2)C1. The van der Waals surface area contributed by atoms with Gasteiger partial charge in [-0.25, -0.2) is 13.1 Å². The second kappa shape index (κ2) is 11.0. The van der Waals surface area contributed by atoms with Crippen LogP contribution in [0.25, 0.3) is 0 Å². The third kappa shape index (κ3) is 6.99. The quantitative estimate of drug-likeness (QED) is 0.442. The van der Waals surface area contributed by atoms with Gasteiger partial charge < -0.3 is 20.7 Å². The molecular formula is C21H32N4O5S. The van der Waals surface area contributed by atoms with Crippen LogP contribution in [0, 0.1) is 5.92 Å². The van der Waals surface area contributed by atoms with Gasteiger partial charge in [-0.2, -0.15) is 0 Å². The number of carbonyl (C=O) groups excluding carboxylic acids is 2. The summed E-state index contributed by atoms with van der Waals surface area (Å²) in [7, 11) is -3.63.